The van der Waals surface area contributed by atoms with Crippen molar-refractivity contribution in [3.8, 4) is 5.75 Å². The van der Waals surface area contributed by atoms with Gasteiger partial charge in [0.1, 0.15) is 5.75 Å². The Morgan fingerprint density at radius 2 is 1.92 bits per heavy atom. The van der Waals surface area contributed by atoms with E-state index in [-0.39, 0.29) is 12.4 Å². The molecule has 9 nitrogen and oxygen atoms in total. The number of hydrogen-bond donors (Lipinski definition) is 4. The molecule has 0 bridgehead atoms. The molecule has 9 heteroatoms. The van der Waals surface area contributed by atoms with Gasteiger partial charge in [0, 0.05) is 56.6 Å². The summed E-state index contributed by atoms with van der Waals surface area (Å²) >= 11 is 0. The largest absolute Gasteiger partial charge is 0.506 e. The lowest BCUT2D eigenvalue weighted by Gasteiger charge is -2.23. The number of rotatable bonds is 5. The number of nitrogens with zero attached hydrogens (tertiary/aromatic N) is 5. The molecule has 0 spiro atoms. The van der Waals surface area contributed by atoms with Crippen LogP contribution in [0, 0.1) is 6.92 Å². The van der Waals surface area contributed by atoms with E-state index >= 15 is 0 Å². The summed E-state index contributed by atoms with van der Waals surface area (Å²) in [6.07, 6.45) is 2.77. The third-order valence-electron chi connectivity index (χ3n) is 4.50. The monoisotopic (exact) mass is 348 g/mol. The third kappa shape index (κ3) is 4.31. The molecular formula is C16H24N6O3. The third-order valence-corrected chi connectivity index (χ3v) is 4.50. The predicted octanol–water partition coefficient (Wildman–Crippen LogP) is -0.615. The van der Waals surface area contributed by atoms with Crippen LogP contribution >= 0.6 is 0 Å². The van der Waals surface area contributed by atoms with Gasteiger partial charge in [0.05, 0.1) is 30.3 Å². The molecule has 3 rings (SSSR count). The lowest BCUT2D eigenvalue weighted by atomic mass is 10.1. The van der Waals surface area contributed by atoms with Crippen LogP contribution in [0.3, 0.4) is 0 Å². The maximum Gasteiger partial charge on any atom is 0.141 e. The van der Waals surface area contributed by atoms with Crippen molar-refractivity contribution in [2.24, 2.45) is 0 Å². The van der Waals surface area contributed by atoms with Crippen molar-refractivity contribution < 1.29 is 15.3 Å². The van der Waals surface area contributed by atoms with Gasteiger partial charge >= 0.3 is 0 Å². The van der Waals surface area contributed by atoms with E-state index in [4.69, 9.17) is 0 Å². The van der Waals surface area contributed by atoms with Crippen LogP contribution in [0.25, 0.3) is 0 Å². The number of aromatic amines is 1. The molecule has 25 heavy (non-hydrogen) atoms. The minimum Gasteiger partial charge on any atom is -0.506 e. The van der Waals surface area contributed by atoms with Crippen LogP contribution in [0.15, 0.2) is 12.4 Å². The second-order valence-corrected chi connectivity index (χ2v) is 6.44. The minimum atomic E-state index is -0.503. The van der Waals surface area contributed by atoms with Gasteiger partial charge in [-0.05, 0) is 6.92 Å². The van der Waals surface area contributed by atoms with E-state index in [0.717, 1.165) is 18.8 Å². The molecule has 136 valence electrons. The topological polar surface area (TPSA) is 122 Å². The summed E-state index contributed by atoms with van der Waals surface area (Å²) in [4.78, 5) is 8.31. The lowest BCUT2D eigenvalue weighted by Crippen LogP contribution is -2.33. The summed E-state index contributed by atoms with van der Waals surface area (Å²) in [7, 11) is 0. The number of hydrogen-bond acceptors (Lipinski definition) is 8. The number of aliphatic hydroxyl groups is 2. The van der Waals surface area contributed by atoms with E-state index in [1.165, 1.54) is 0 Å². The molecular weight excluding hydrogens is 324 g/mol. The van der Waals surface area contributed by atoms with Gasteiger partial charge in [-0.25, -0.2) is 0 Å². The molecule has 1 aliphatic heterocycles. The fourth-order valence-corrected chi connectivity index (χ4v) is 3.16. The molecule has 1 atom stereocenters. The van der Waals surface area contributed by atoms with Gasteiger partial charge in [0.25, 0.3) is 0 Å². The molecule has 0 amide bonds. The minimum absolute atomic E-state index is 0.115. The van der Waals surface area contributed by atoms with Crippen molar-refractivity contribution in [2.75, 3.05) is 26.2 Å². The lowest BCUT2D eigenvalue weighted by molar-refractivity contribution is 0.105. The zero-order valence-corrected chi connectivity index (χ0v) is 14.3. The average molecular weight is 348 g/mol. The van der Waals surface area contributed by atoms with E-state index in [9.17, 15) is 15.3 Å². The number of H-pyrrole nitrogens is 1. The Balaban J connectivity index is 1.69. The number of aromatic hydroxyl groups is 1. The number of β-amino-alcohol motifs (C(OH)–C–C–N with tert-alkyl or cyclic N) is 1. The predicted molar refractivity (Wildman–Crippen MR) is 89.5 cm³/mol. The maximum absolute atomic E-state index is 10.3. The van der Waals surface area contributed by atoms with Gasteiger partial charge in [-0.3, -0.25) is 14.8 Å². The molecule has 0 saturated carbocycles. The standard InChI is InChI=1S/C16H24N6O3/c1-11-16(25)15(12(10-23)4-17-11)9-22-3-2-21(7-14(24)8-22)6-13-5-18-20-19-13/h4-5,14,23-25H,2-3,6-10H2,1H3,(H,18,19,20)/t14-/m1/s1. The van der Waals surface area contributed by atoms with Crippen LogP contribution in [-0.4, -0.2) is 77.8 Å². The summed E-state index contributed by atoms with van der Waals surface area (Å²) in [6, 6.07) is 0. The summed E-state index contributed by atoms with van der Waals surface area (Å²) in [5, 5.41) is 40.6. The first-order chi connectivity index (χ1) is 12.1. The summed E-state index contributed by atoms with van der Waals surface area (Å²) < 4.78 is 0. The smallest absolute Gasteiger partial charge is 0.141 e. The zero-order valence-electron chi connectivity index (χ0n) is 14.3. The fourth-order valence-electron chi connectivity index (χ4n) is 3.16. The first-order valence-corrected chi connectivity index (χ1v) is 8.31. The molecule has 0 unspecified atom stereocenters. The Labute approximate surface area is 145 Å². The number of pyridine rings is 1. The SMILES string of the molecule is Cc1ncc(CO)c(CN2CCN(Cc3cn[nH]n3)C[C@@H](O)C2)c1O. The van der Waals surface area contributed by atoms with E-state index in [0.29, 0.717) is 43.0 Å². The first kappa shape index (κ1) is 17.7. The Hall–Kier alpha value is -2.07. The second-order valence-electron chi connectivity index (χ2n) is 6.44. The average Bonchev–Trinajstić information content (AvgIpc) is 3.03. The Kier molecular flexibility index (Phi) is 5.59. The van der Waals surface area contributed by atoms with Gasteiger partial charge in [-0.1, -0.05) is 0 Å². The van der Waals surface area contributed by atoms with Crippen LogP contribution in [-0.2, 0) is 19.7 Å². The highest BCUT2D eigenvalue weighted by Gasteiger charge is 2.23. The molecule has 2 aromatic heterocycles. The number of nitrogens with one attached hydrogen (secondary N) is 1. The molecule has 2 aromatic rings. The number of aryl methyl sites for hydroxylation is 1. The van der Waals surface area contributed by atoms with E-state index in [1.807, 2.05) is 0 Å². The zero-order chi connectivity index (χ0) is 17.8. The van der Waals surface area contributed by atoms with Crippen LogP contribution < -0.4 is 0 Å². The van der Waals surface area contributed by atoms with E-state index in [1.54, 1.807) is 19.3 Å². The van der Waals surface area contributed by atoms with Crippen molar-refractivity contribution in [3.63, 3.8) is 0 Å². The quantitative estimate of drug-likeness (QED) is 0.564. The van der Waals surface area contributed by atoms with Crippen molar-refractivity contribution in [1.29, 1.82) is 0 Å². The highest BCUT2D eigenvalue weighted by Crippen LogP contribution is 2.26. The van der Waals surface area contributed by atoms with Gasteiger partial charge in [-0.2, -0.15) is 15.4 Å². The Morgan fingerprint density at radius 3 is 2.56 bits per heavy atom. The van der Waals surface area contributed by atoms with Gasteiger partial charge in [-0.15, -0.1) is 0 Å². The van der Waals surface area contributed by atoms with Crippen molar-refractivity contribution in [3.05, 3.63) is 34.9 Å². The highest BCUT2D eigenvalue weighted by molar-refractivity contribution is 5.40. The molecule has 1 fully saturated rings. The van der Waals surface area contributed by atoms with Crippen molar-refractivity contribution in [1.82, 2.24) is 30.2 Å². The number of aliphatic hydroxyl groups excluding tert-OH is 2. The molecule has 0 radical (unpaired) electrons. The van der Waals surface area contributed by atoms with Gasteiger partial charge in [0.2, 0.25) is 0 Å². The van der Waals surface area contributed by atoms with Gasteiger partial charge in [0.15, 0.2) is 0 Å². The van der Waals surface area contributed by atoms with Crippen LogP contribution in [0.1, 0.15) is 22.5 Å². The molecule has 0 aliphatic carbocycles. The molecule has 1 aliphatic rings. The van der Waals surface area contributed by atoms with Crippen LogP contribution in [0.2, 0.25) is 0 Å². The van der Waals surface area contributed by atoms with Crippen molar-refractivity contribution >= 4 is 0 Å². The second kappa shape index (κ2) is 7.87. The van der Waals surface area contributed by atoms with E-state index in [2.05, 4.69) is 30.2 Å². The fraction of sp³-hybridized carbons (Fsp3) is 0.562. The highest BCUT2D eigenvalue weighted by atomic mass is 16.3. The number of aromatic nitrogens is 4. The Bertz CT molecular complexity index is 693. The normalized spacial score (nSPS) is 19.9. The summed E-state index contributed by atoms with van der Waals surface area (Å²) in [5.41, 5.74) is 2.66. The maximum atomic E-state index is 10.3. The first-order valence-electron chi connectivity index (χ1n) is 8.31. The van der Waals surface area contributed by atoms with E-state index < -0.39 is 6.10 Å². The summed E-state index contributed by atoms with van der Waals surface area (Å²) in [5.74, 6) is 0.115. The molecule has 4 N–H and O–H groups in total. The van der Waals surface area contributed by atoms with Gasteiger partial charge < -0.3 is 15.3 Å². The van der Waals surface area contributed by atoms with Crippen LogP contribution in [0.5, 0.6) is 5.75 Å². The molecule has 3 heterocycles. The summed E-state index contributed by atoms with van der Waals surface area (Å²) in [6.45, 7) is 5.20. The van der Waals surface area contributed by atoms with Crippen LogP contribution in [0.4, 0.5) is 0 Å². The Morgan fingerprint density at radius 1 is 1.20 bits per heavy atom. The molecule has 1 saturated heterocycles. The van der Waals surface area contributed by atoms with Crippen molar-refractivity contribution in [2.45, 2.75) is 32.7 Å². The molecule has 0 aromatic carbocycles.